The molecule has 152 valence electrons. The quantitative estimate of drug-likeness (QED) is 0.529. The Morgan fingerprint density at radius 2 is 2.00 bits per heavy atom. The zero-order valence-electron chi connectivity index (χ0n) is 15.7. The standard InChI is InChI=1S/C21H15F2N3O3S/c1-26(21(28)10-2-3-15-18(4-10)30-9-24-15)17-8-29-7-16-19(17)11-5-13(22)14(23)6-12(11)20(27)25-16/h2-6,9,17H,7-8H2,1H3,(H,25,27). The van der Waals surface area contributed by atoms with Crippen molar-refractivity contribution in [3.63, 3.8) is 0 Å². The number of nitrogens with zero attached hydrogens (tertiary/aromatic N) is 2. The molecule has 3 heterocycles. The fourth-order valence-electron chi connectivity index (χ4n) is 3.88. The molecule has 1 atom stereocenters. The summed E-state index contributed by atoms with van der Waals surface area (Å²) in [5, 5.41) is 0.310. The summed E-state index contributed by atoms with van der Waals surface area (Å²) in [4.78, 5) is 34.0. The van der Waals surface area contributed by atoms with Gasteiger partial charge in [-0.2, -0.15) is 0 Å². The number of halogens is 2. The van der Waals surface area contributed by atoms with E-state index < -0.39 is 23.2 Å². The Bertz CT molecular complexity index is 1380. The van der Waals surface area contributed by atoms with Gasteiger partial charge in [0.05, 0.1) is 40.4 Å². The van der Waals surface area contributed by atoms with Crippen molar-refractivity contribution in [2.24, 2.45) is 0 Å². The van der Waals surface area contributed by atoms with E-state index in [9.17, 15) is 18.4 Å². The normalized spacial score (nSPS) is 16.0. The van der Waals surface area contributed by atoms with Gasteiger partial charge in [0, 0.05) is 23.9 Å². The first-order chi connectivity index (χ1) is 14.4. The van der Waals surface area contributed by atoms with Crippen molar-refractivity contribution >= 4 is 38.2 Å². The minimum absolute atomic E-state index is 0.0338. The Balaban J connectivity index is 1.62. The summed E-state index contributed by atoms with van der Waals surface area (Å²) < 4.78 is 34.2. The van der Waals surface area contributed by atoms with Gasteiger partial charge in [-0.15, -0.1) is 11.3 Å². The Morgan fingerprint density at radius 3 is 2.80 bits per heavy atom. The van der Waals surface area contributed by atoms with Gasteiger partial charge in [-0.25, -0.2) is 13.8 Å². The molecule has 1 aliphatic heterocycles. The lowest BCUT2D eigenvalue weighted by atomic mass is 9.95. The van der Waals surface area contributed by atoms with Gasteiger partial charge < -0.3 is 14.6 Å². The molecule has 9 heteroatoms. The maximum absolute atomic E-state index is 14.0. The van der Waals surface area contributed by atoms with Gasteiger partial charge in [-0.05, 0) is 35.7 Å². The number of fused-ring (bicyclic) bond motifs is 4. The number of benzene rings is 2. The summed E-state index contributed by atoms with van der Waals surface area (Å²) >= 11 is 1.44. The van der Waals surface area contributed by atoms with Crippen molar-refractivity contribution in [3.8, 4) is 0 Å². The highest BCUT2D eigenvalue weighted by Crippen LogP contribution is 2.34. The number of thiazole rings is 1. The third-order valence-electron chi connectivity index (χ3n) is 5.41. The number of carbonyl (C=O) groups is 1. The van der Waals surface area contributed by atoms with E-state index in [1.807, 2.05) is 0 Å². The molecule has 1 aliphatic rings. The maximum atomic E-state index is 14.0. The van der Waals surface area contributed by atoms with E-state index in [1.165, 1.54) is 16.2 Å². The summed E-state index contributed by atoms with van der Waals surface area (Å²) in [5.41, 5.74) is 3.48. The van der Waals surface area contributed by atoms with Crippen LogP contribution in [-0.2, 0) is 11.3 Å². The molecule has 0 bridgehead atoms. The van der Waals surface area contributed by atoms with E-state index in [0.717, 1.165) is 22.3 Å². The number of hydrogen-bond acceptors (Lipinski definition) is 5. The number of H-pyrrole nitrogens is 1. The Kier molecular flexibility index (Phi) is 4.37. The lowest BCUT2D eigenvalue weighted by Crippen LogP contribution is -2.37. The van der Waals surface area contributed by atoms with Crippen LogP contribution in [0.3, 0.4) is 0 Å². The highest BCUT2D eigenvalue weighted by molar-refractivity contribution is 7.16. The number of ether oxygens (including phenoxy) is 1. The lowest BCUT2D eigenvalue weighted by Gasteiger charge is -2.34. The van der Waals surface area contributed by atoms with E-state index in [1.54, 1.807) is 30.8 Å². The van der Waals surface area contributed by atoms with Crippen molar-refractivity contribution < 1.29 is 18.3 Å². The van der Waals surface area contributed by atoms with Crippen molar-refractivity contribution in [1.82, 2.24) is 14.9 Å². The van der Waals surface area contributed by atoms with Crippen molar-refractivity contribution in [1.29, 1.82) is 0 Å². The van der Waals surface area contributed by atoms with Crippen LogP contribution in [0.4, 0.5) is 8.78 Å². The Labute approximate surface area is 172 Å². The van der Waals surface area contributed by atoms with Gasteiger partial charge in [0.1, 0.15) is 0 Å². The van der Waals surface area contributed by atoms with Gasteiger partial charge in [0.25, 0.3) is 11.5 Å². The number of likely N-dealkylation sites (N-methyl/N-ethyl adjacent to an activating group) is 1. The van der Waals surface area contributed by atoms with Crippen LogP contribution in [0.15, 0.2) is 40.6 Å². The minimum Gasteiger partial charge on any atom is -0.373 e. The second kappa shape index (κ2) is 6.96. The number of nitrogens with one attached hydrogen (secondary N) is 1. The molecule has 30 heavy (non-hydrogen) atoms. The first-order valence-corrected chi connectivity index (χ1v) is 10.0. The summed E-state index contributed by atoms with van der Waals surface area (Å²) in [6, 6.07) is 6.57. The van der Waals surface area contributed by atoms with Gasteiger partial charge >= 0.3 is 0 Å². The van der Waals surface area contributed by atoms with E-state index in [4.69, 9.17) is 4.74 Å². The topological polar surface area (TPSA) is 75.3 Å². The maximum Gasteiger partial charge on any atom is 0.256 e. The largest absolute Gasteiger partial charge is 0.373 e. The molecular weight excluding hydrogens is 412 g/mol. The smallest absolute Gasteiger partial charge is 0.256 e. The van der Waals surface area contributed by atoms with Gasteiger partial charge in [0.15, 0.2) is 11.6 Å². The zero-order valence-corrected chi connectivity index (χ0v) is 16.6. The molecule has 0 radical (unpaired) electrons. The Morgan fingerprint density at radius 1 is 1.23 bits per heavy atom. The van der Waals surface area contributed by atoms with Crippen molar-refractivity contribution in [2.75, 3.05) is 13.7 Å². The number of aromatic nitrogens is 2. The van der Waals surface area contributed by atoms with E-state index >= 15 is 0 Å². The van der Waals surface area contributed by atoms with Crippen molar-refractivity contribution in [3.05, 3.63) is 74.7 Å². The van der Waals surface area contributed by atoms with E-state index in [2.05, 4.69) is 9.97 Å². The summed E-state index contributed by atoms with van der Waals surface area (Å²) in [5.74, 6) is -2.40. The van der Waals surface area contributed by atoms with Crippen LogP contribution in [0, 0.1) is 11.6 Å². The number of amides is 1. The molecule has 0 saturated carbocycles. The van der Waals surface area contributed by atoms with Gasteiger partial charge in [-0.1, -0.05) is 0 Å². The van der Waals surface area contributed by atoms with Crippen LogP contribution in [0.5, 0.6) is 0 Å². The average Bonchev–Trinajstić information content (AvgIpc) is 3.21. The lowest BCUT2D eigenvalue weighted by molar-refractivity contribution is 0.0336. The van der Waals surface area contributed by atoms with Crippen LogP contribution < -0.4 is 5.56 Å². The number of pyridine rings is 1. The molecule has 6 nitrogen and oxygen atoms in total. The summed E-state index contributed by atoms with van der Waals surface area (Å²) in [6.45, 7) is 0.281. The molecule has 0 spiro atoms. The van der Waals surface area contributed by atoms with E-state index in [0.29, 0.717) is 16.8 Å². The third kappa shape index (κ3) is 2.89. The van der Waals surface area contributed by atoms with Crippen LogP contribution in [0.2, 0.25) is 0 Å². The third-order valence-corrected chi connectivity index (χ3v) is 6.20. The first-order valence-electron chi connectivity index (χ1n) is 9.16. The zero-order chi connectivity index (χ0) is 21.0. The summed E-state index contributed by atoms with van der Waals surface area (Å²) in [6.07, 6.45) is 0. The second-order valence-corrected chi connectivity index (χ2v) is 8.03. The van der Waals surface area contributed by atoms with Crippen LogP contribution in [-0.4, -0.2) is 34.4 Å². The molecule has 0 saturated heterocycles. The molecular formula is C21H15F2N3O3S. The van der Waals surface area contributed by atoms with Gasteiger partial charge in [0.2, 0.25) is 0 Å². The Hall–Kier alpha value is -3.17. The highest BCUT2D eigenvalue weighted by Gasteiger charge is 2.31. The number of hydrogen-bond donors (Lipinski definition) is 1. The fraction of sp³-hybridized carbons (Fsp3) is 0.190. The number of carbonyl (C=O) groups excluding carboxylic acids is 1. The molecule has 2 aromatic carbocycles. The van der Waals surface area contributed by atoms with Crippen LogP contribution >= 0.6 is 11.3 Å². The summed E-state index contributed by atoms with van der Waals surface area (Å²) in [7, 11) is 1.62. The molecule has 2 aromatic heterocycles. The molecule has 5 rings (SSSR count). The monoisotopic (exact) mass is 427 g/mol. The minimum atomic E-state index is -1.10. The predicted molar refractivity (Wildman–Crippen MR) is 109 cm³/mol. The molecule has 4 aromatic rings. The molecule has 1 N–H and O–H groups in total. The van der Waals surface area contributed by atoms with E-state index in [-0.39, 0.29) is 29.9 Å². The molecule has 0 fully saturated rings. The van der Waals surface area contributed by atoms with Crippen LogP contribution in [0.25, 0.3) is 21.0 Å². The second-order valence-electron chi connectivity index (χ2n) is 7.14. The van der Waals surface area contributed by atoms with Crippen molar-refractivity contribution in [2.45, 2.75) is 12.6 Å². The SMILES string of the molecule is CN(C(=O)c1ccc2ncsc2c1)C1COCc2[nH]c(=O)c3cc(F)c(F)cc3c21. The number of rotatable bonds is 2. The average molecular weight is 427 g/mol. The molecule has 1 unspecified atom stereocenters. The first kappa shape index (κ1) is 18.8. The number of aromatic amines is 1. The highest BCUT2D eigenvalue weighted by atomic mass is 32.1. The molecule has 0 aliphatic carbocycles. The fourth-order valence-corrected chi connectivity index (χ4v) is 4.60. The van der Waals surface area contributed by atoms with Crippen LogP contribution in [0.1, 0.15) is 27.7 Å². The van der Waals surface area contributed by atoms with Gasteiger partial charge in [-0.3, -0.25) is 9.59 Å². The predicted octanol–water partition coefficient (Wildman–Crippen LogP) is 3.76. The molecule has 1 amide bonds.